The van der Waals surface area contributed by atoms with Crippen LogP contribution < -0.4 is 21.3 Å². The maximum Gasteiger partial charge on any atom is 0.323 e. The van der Waals surface area contributed by atoms with Crippen LogP contribution in [0.15, 0.2) is 79.0 Å². The molecule has 5 N–H and O–H groups in total. The highest BCUT2D eigenvalue weighted by atomic mass is 16.4. The SMILES string of the molecule is Cc1cccc(C)c1N1CCN(C(N)=O)CC1.Nc1nccc2ccc(C(=O)N(CC(=O)O)c3ccccc3)cc12. The van der Waals surface area contributed by atoms with E-state index in [-0.39, 0.29) is 6.03 Å². The number of urea groups is 1. The summed E-state index contributed by atoms with van der Waals surface area (Å²) in [5.41, 5.74) is 15.9. The monoisotopic (exact) mass is 554 g/mol. The zero-order valence-corrected chi connectivity index (χ0v) is 23.2. The molecule has 1 aliphatic rings. The number of piperazine rings is 1. The Kier molecular flexibility index (Phi) is 9.03. The second-order valence-electron chi connectivity index (χ2n) is 9.81. The molecule has 1 fully saturated rings. The first kappa shape index (κ1) is 28.9. The summed E-state index contributed by atoms with van der Waals surface area (Å²) in [6, 6.07) is 21.6. The van der Waals surface area contributed by atoms with Crippen molar-refractivity contribution >= 4 is 45.9 Å². The third-order valence-electron chi connectivity index (χ3n) is 7.00. The molecular weight excluding hydrogens is 520 g/mol. The summed E-state index contributed by atoms with van der Waals surface area (Å²) < 4.78 is 0. The highest BCUT2D eigenvalue weighted by molar-refractivity contribution is 6.10. The molecule has 4 aromatic rings. The van der Waals surface area contributed by atoms with E-state index >= 15 is 0 Å². The van der Waals surface area contributed by atoms with E-state index in [4.69, 9.17) is 16.6 Å². The number of nitrogens with zero attached hydrogens (tertiary/aromatic N) is 4. The number of anilines is 3. The molecule has 0 unspecified atom stereocenters. The van der Waals surface area contributed by atoms with Crippen LogP contribution in [-0.2, 0) is 4.79 Å². The van der Waals surface area contributed by atoms with E-state index in [1.54, 1.807) is 65.7 Å². The Morgan fingerprint density at radius 1 is 0.902 bits per heavy atom. The molecule has 1 saturated heterocycles. The summed E-state index contributed by atoms with van der Waals surface area (Å²) >= 11 is 0. The van der Waals surface area contributed by atoms with Crippen LogP contribution in [0.1, 0.15) is 21.5 Å². The molecule has 212 valence electrons. The average molecular weight is 555 g/mol. The average Bonchev–Trinajstić information content (AvgIpc) is 2.96. The van der Waals surface area contributed by atoms with Crippen LogP contribution in [0.5, 0.6) is 0 Å². The molecule has 3 amide bonds. The molecule has 0 radical (unpaired) electrons. The van der Waals surface area contributed by atoms with E-state index in [0.717, 1.165) is 18.5 Å². The summed E-state index contributed by atoms with van der Waals surface area (Å²) in [6.07, 6.45) is 1.60. The lowest BCUT2D eigenvalue weighted by molar-refractivity contribution is -0.135. The van der Waals surface area contributed by atoms with Crippen LogP contribution in [0.3, 0.4) is 0 Å². The van der Waals surface area contributed by atoms with Gasteiger partial charge in [0, 0.05) is 54.7 Å². The van der Waals surface area contributed by atoms with Crippen LogP contribution in [-0.4, -0.2) is 65.6 Å². The van der Waals surface area contributed by atoms with Crippen LogP contribution in [0, 0.1) is 13.8 Å². The minimum Gasteiger partial charge on any atom is -0.480 e. The van der Waals surface area contributed by atoms with Gasteiger partial charge < -0.3 is 26.4 Å². The number of para-hydroxylation sites is 2. The Bertz CT molecular complexity index is 1530. The smallest absolute Gasteiger partial charge is 0.323 e. The van der Waals surface area contributed by atoms with Gasteiger partial charge in [0.25, 0.3) is 5.91 Å². The third kappa shape index (κ3) is 6.91. The highest BCUT2D eigenvalue weighted by Gasteiger charge is 2.22. The van der Waals surface area contributed by atoms with Crippen molar-refractivity contribution in [2.75, 3.05) is 48.3 Å². The molecule has 10 heteroatoms. The van der Waals surface area contributed by atoms with E-state index in [0.29, 0.717) is 35.5 Å². The summed E-state index contributed by atoms with van der Waals surface area (Å²) in [4.78, 5) is 44.3. The van der Waals surface area contributed by atoms with Gasteiger partial charge in [-0.05, 0) is 60.7 Å². The topological polar surface area (TPSA) is 146 Å². The van der Waals surface area contributed by atoms with Crippen molar-refractivity contribution in [1.82, 2.24) is 9.88 Å². The Morgan fingerprint density at radius 2 is 1.56 bits per heavy atom. The van der Waals surface area contributed by atoms with Gasteiger partial charge in [-0.2, -0.15) is 0 Å². The Balaban J connectivity index is 0.000000201. The van der Waals surface area contributed by atoms with Crippen molar-refractivity contribution in [2.45, 2.75) is 13.8 Å². The molecule has 1 aliphatic heterocycles. The van der Waals surface area contributed by atoms with E-state index in [2.05, 4.69) is 41.9 Å². The number of carboxylic acids is 1. The second-order valence-corrected chi connectivity index (χ2v) is 9.81. The van der Waals surface area contributed by atoms with Crippen molar-refractivity contribution in [3.8, 4) is 0 Å². The molecule has 0 bridgehead atoms. The van der Waals surface area contributed by atoms with Gasteiger partial charge >= 0.3 is 12.0 Å². The molecule has 41 heavy (non-hydrogen) atoms. The highest BCUT2D eigenvalue weighted by Crippen LogP contribution is 2.26. The minimum atomic E-state index is -1.09. The number of primary amides is 1. The molecule has 0 saturated carbocycles. The molecule has 1 aromatic heterocycles. The van der Waals surface area contributed by atoms with Gasteiger partial charge in [0.2, 0.25) is 0 Å². The first-order chi connectivity index (χ1) is 19.7. The largest absolute Gasteiger partial charge is 0.480 e. The van der Waals surface area contributed by atoms with Crippen molar-refractivity contribution in [2.24, 2.45) is 5.73 Å². The Morgan fingerprint density at radius 3 is 2.17 bits per heavy atom. The predicted molar refractivity (Wildman–Crippen MR) is 161 cm³/mol. The predicted octanol–water partition coefficient (Wildman–Crippen LogP) is 4.05. The lowest BCUT2D eigenvalue weighted by Gasteiger charge is -2.36. The number of nitrogens with two attached hydrogens (primary N) is 2. The Labute approximate surface area is 238 Å². The lowest BCUT2D eigenvalue weighted by Crippen LogP contribution is -2.50. The maximum atomic E-state index is 12.8. The van der Waals surface area contributed by atoms with Crippen molar-refractivity contribution < 1.29 is 19.5 Å². The standard InChI is InChI=1S/C18H15N3O3.C13H19N3O/c19-17-15-10-13(7-6-12(15)8-9-20-17)18(24)21(11-16(22)23)14-4-2-1-3-5-14;1-10-4-3-5-11(2)12(10)15-6-8-16(9-7-15)13(14)17/h1-10H,11H2,(H2,19,20)(H,22,23);3-5H,6-9H2,1-2H3,(H2,14,17). The second kappa shape index (κ2) is 12.8. The summed E-state index contributed by atoms with van der Waals surface area (Å²) in [5, 5.41) is 10.7. The normalized spacial score (nSPS) is 12.8. The maximum absolute atomic E-state index is 12.8. The Hall–Kier alpha value is -5.12. The number of hydrogen-bond acceptors (Lipinski definition) is 6. The zero-order valence-electron chi connectivity index (χ0n) is 23.2. The number of carboxylic acid groups (broad SMARTS) is 1. The number of aryl methyl sites for hydroxylation is 2. The van der Waals surface area contributed by atoms with Gasteiger partial charge in [-0.25, -0.2) is 9.78 Å². The summed E-state index contributed by atoms with van der Waals surface area (Å²) in [6.45, 7) is 6.96. The van der Waals surface area contributed by atoms with Gasteiger partial charge in [-0.3, -0.25) is 14.5 Å². The first-order valence-electron chi connectivity index (χ1n) is 13.2. The fraction of sp³-hybridized carbons (Fsp3) is 0.226. The third-order valence-corrected chi connectivity index (χ3v) is 7.00. The number of carbonyl (C=O) groups is 3. The lowest BCUT2D eigenvalue weighted by atomic mass is 10.1. The number of amides is 3. The van der Waals surface area contributed by atoms with Crippen LogP contribution in [0.4, 0.5) is 22.0 Å². The zero-order chi connectivity index (χ0) is 29.5. The molecule has 0 spiro atoms. The van der Waals surface area contributed by atoms with E-state index < -0.39 is 18.4 Å². The van der Waals surface area contributed by atoms with Crippen molar-refractivity contribution in [3.05, 3.63) is 95.7 Å². The fourth-order valence-corrected chi connectivity index (χ4v) is 4.96. The number of hydrogen-bond donors (Lipinski definition) is 3. The number of aliphatic carboxylic acids is 1. The van der Waals surface area contributed by atoms with Gasteiger partial charge in [-0.15, -0.1) is 0 Å². The molecule has 10 nitrogen and oxygen atoms in total. The number of fused-ring (bicyclic) bond motifs is 1. The van der Waals surface area contributed by atoms with Crippen LogP contribution in [0.2, 0.25) is 0 Å². The quantitative estimate of drug-likeness (QED) is 0.337. The molecular formula is C31H34N6O4. The number of rotatable bonds is 5. The summed E-state index contributed by atoms with van der Waals surface area (Å²) in [7, 11) is 0. The van der Waals surface area contributed by atoms with Crippen molar-refractivity contribution in [1.29, 1.82) is 0 Å². The van der Waals surface area contributed by atoms with Gasteiger partial charge in [0.1, 0.15) is 12.4 Å². The van der Waals surface area contributed by atoms with Crippen LogP contribution in [0.25, 0.3) is 10.8 Å². The van der Waals surface area contributed by atoms with Gasteiger partial charge in [0.05, 0.1) is 0 Å². The number of carbonyl (C=O) groups excluding carboxylic acids is 2. The molecule has 0 atom stereocenters. The van der Waals surface area contributed by atoms with Crippen LogP contribution >= 0.6 is 0 Å². The van der Waals surface area contributed by atoms with Crippen molar-refractivity contribution in [3.63, 3.8) is 0 Å². The van der Waals surface area contributed by atoms with E-state index in [1.165, 1.54) is 21.7 Å². The van der Waals surface area contributed by atoms with Gasteiger partial charge in [0.15, 0.2) is 0 Å². The summed E-state index contributed by atoms with van der Waals surface area (Å²) in [5.74, 6) is -1.17. The molecule has 0 aliphatic carbocycles. The first-order valence-corrected chi connectivity index (χ1v) is 13.2. The molecule has 5 rings (SSSR count). The van der Waals surface area contributed by atoms with E-state index in [1.807, 2.05) is 0 Å². The fourth-order valence-electron chi connectivity index (χ4n) is 4.96. The van der Waals surface area contributed by atoms with E-state index in [9.17, 15) is 14.4 Å². The number of benzene rings is 3. The number of aromatic nitrogens is 1. The molecule has 3 aromatic carbocycles. The number of nitrogen functional groups attached to an aromatic ring is 1. The minimum absolute atomic E-state index is 0.314. The number of pyridine rings is 1. The molecule has 2 heterocycles. The van der Waals surface area contributed by atoms with Gasteiger partial charge in [-0.1, -0.05) is 42.5 Å².